The van der Waals surface area contributed by atoms with E-state index < -0.39 is 0 Å². The van der Waals surface area contributed by atoms with Crippen LogP contribution in [-0.4, -0.2) is 56.1 Å². The van der Waals surface area contributed by atoms with E-state index in [0.717, 1.165) is 44.7 Å². The van der Waals surface area contributed by atoms with Gasteiger partial charge >= 0.3 is 0 Å². The molecule has 114 valence electrons. The van der Waals surface area contributed by atoms with Crippen molar-refractivity contribution in [1.29, 1.82) is 5.26 Å². The highest BCUT2D eigenvalue weighted by Crippen LogP contribution is 2.23. The fourth-order valence-corrected chi connectivity index (χ4v) is 2.77. The van der Waals surface area contributed by atoms with Gasteiger partial charge in [0.2, 0.25) is 0 Å². The Balaban J connectivity index is 1.85. The van der Waals surface area contributed by atoms with Gasteiger partial charge in [0.1, 0.15) is 6.07 Å². The van der Waals surface area contributed by atoms with Gasteiger partial charge in [-0.05, 0) is 45.1 Å². The van der Waals surface area contributed by atoms with Crippen LogP contribution in [0.25, 0.3) is 0 Å². The first kappa shape index (κ1) is 16.1. The predicted molar refractivity (Wildman–Crippen MR) is 87.8 cm³/mol. The molecule has 2 rings (SSSR count). The minimum absolute atomic E-state index is 0.439. The zero-order valence-electron chi connectivity index (χ0n) is 12.8. The predicted octanol–water partition coefficient (Wildman–Crippen LogP) is 2.65. The highest BCUT2D eigenvalue weighted by molar-refractivity contribution is 6.30. The first-order valence-corrected chi connectivity index (χ1v) is 7.79. The number of anilines is 1. The molecule has 1 aromatic rings. The quantitative estimate of drug-likeness (QED) is 0.908. The molecule has 0 amide bonds. The topological polar surface area (TPSA) is 42.3 Å². The highest BCUT2D eigenvalue weighted by atomic mass is 35.5. The van der Waals surface area contributed by atoms with Crippen LogP contribution in [0.3, 0.4) is 0 Å². The summed E-state index contributed by atoms with van der Waals surface area (Å²) in [5.41, 5.74) is 1.52. The molecule has 5 heteroatoms. The molecule has 0 saturated carbocycles. The average molecular weight is 307 g/mol. The number of nitriles is 1. The van der Waals surface area contributed by atoms with Crippen molar-refractivity contribution in [1.82, 2.24) is 9.80 Å². The van der Waals surface area contributed by atoms with Crippen molar-refractivity contribution >= 4 is 17.3 Å². The maximum atomic E-state index is 9.17. The van der Waals surface area contributed by atoms with Crippen LogP contribution in [0.5, 0.6) is 0 Å². The molecule has 21 heavy (non-hydrogen) atoms. The molecular formula is C16H23ClN4. The first-order chi connectivity index (χ1) is 10.1. The summed E-state index contributed by atoms with van der Waals surface area (Å²) in [5.74, 6) is 0. The van der Waals surface area contributed by atoms with Gasteiger partial charge in [-0.2, -0.15) is 5.26 Å². The van der Waals surface area contributed by atoms with Crippen LogP contribution < -0.4 is 5.32 Å². The summed E-state index contributed by atoms with van der Waals surface area (Å²) in [7, 11) is 4.22. The van der Waals surface area contributed by atoms with Crippen LogP contribution in [0.2, 0.25) is 5.02 Å². The number of benzene rings is 1. The lowest BCUT2D eigenvalue weighted by atomic mass is 10.0. The molecule has 1 aromatic carbocycles. The summed E-state index contributed by atoms with van der Waals surface area (Å²) in [5, 5.41) is 13.3. The lowest BCUT2D eigenvalue weighted by Gasteiger charge is -2.33. The van der Waals surface area contributed by atoms with E-state index in [-0.39, 0.29) is 0 Å². The Morgan fingerprint density at radius 3 is 2.71 bits per heavy atom. The zero-order chi connectivity index (χ0) is 15.2. The molecule has 0 bridgehead atoms. The maximum Gasteiger partial charge on any atom is 0.101 e. The summed E-state index contributed by atoms with van der Waals surface area (Å²) >= 11 is 5.93. The van der Waals surface area contributed by atoms with E-state index >= 15 is 0 Å². The fourth-order valence-electron chi connectivity index (χ4n) is 2.60. The van der Waals surface area contributed by atoms with Gasteiger partial charge in [0.15, 0.2) is 0 Å². The van der Waals surface area contributed by atoms with Crippen LogP contribution >= 0.6 is 11.6 Å². The Morgan fingerprint density at radius 2 is 2.10 bits per heavy atom. The second kappa shape index (κ2) is 7.65. The molecule has 1 aliphatic rings. The Bertz CT molecular complexity index is 501. The van der Waals surface area contributed by atoms with E-state index in [1.807, 2.05) is 12.1 Å². The number of halogens is 1. The van der Waals surface area contributed by atoms with Gasteiger partial charge in [0.25, 0.3) is 0 Å². The molecule has 0 aliphatic carbocycles. The monoisotopic (exact) mass is 306 g/mol. The second-order valence-electron chi connectivity index (χ2n) is 5.87. The van der Waals surface area contributed by atoms with Gasteiger partial charge in [-0.1, -0.05) is 11.6 Å². The van der Waals surface area contributed by atoms with Crippen molar-refractivity contribution in [2.24, 2.45) is 0 Å². The number of hydrogen-bond donors (Lipinski definition) is 1. The molecule has 4 nitrogen and oxygen atoms in total. The lowest BCUT2D eigenvalue weighted by molar-refractivity contribution is 0.199. The average Bonchev–Trinajstić information content (AvgIpc) is 2.48. The van der Waals surface area contributed by atoms with Gasteiger partial charge in [-0.25, -0.2) is 0 Å². The van der Waals surface area contributed by atoms with Crippen LogP contribution in [0.1, 0.15) is 18.4 Å². The van der Waals surface area contributed by atoms with E-state index in [0.29, 0.717) is 16.6 Å². The van der Waals surface area contributed by atoms with Crippen molar-refractivity contribution in [2.45, 2.75) is 18.9 Å². The molecule has 1 heterocycles. The SMILES string of the molecule is CN(C)CCN1CCC(Nc2ccc(Cl)cc2C#N)CC1. The Kier molecular flexibility index (Phi) is 5.86. The third-order valence-electron chi connectivity index (χ3n) is 3.91. The van der Waals surface area contributed by atoms with Crippen molar-refractivity contribution in [2.75, 3.05) is 45.6 Å². The number of hydrogen-bond acceptors (Lipinski definition) is 4. The molecule has 1 aliphatic heterocycles. The summed E-state index contributed by atoms with van der Waals surface area (Å²) in [4.78, 5) is 4.72. The number of nitrogens with zero attached hydrogens (tertiary/aromatic N) is 3. The van der Waals surface area contributed by atoms with Gasteiger partial charge < -0.3 is 15.1 Å². The molecule has 0 spiro atoms. The Morgan fingerprint density at radius 1 is 1.38 bits per heavy atom. The number of rotatable bonds is 5. The molecule has 1 fully saturated rings. The number of likely N-dealkylation sites (tertiary alicyclic amines) is 1. The molecule has 1 saturated heterocycles. The molecule has 0 aromatic heterocycles. The van der Waals surface area contributed by atoms with Crippen LogP contribution in [0.4, 0.5) is 5.69 Å². The smallest absolute Gasteiger partial charge is 0.101 e. The maximum absolute atomic E-state index is 9.17. The normalized spacial score (nSPS) is 16.9. The minimum atomic E-state index is 0.439. The molecule has 0 atom stereocenters. The largest absolute Gasteiger partial charge is 0.381 e. The van der Waals surface area contributed by atoms with Gasteiger partial charge in [-0.15, -0.1) is 0 Å². The summed E-state index contributed by atoms with van der Waals surface area (Å²) in [6, 6.07) is 8.09. The molecule has 1 N–H and O–H groups in total. The summed E-state index contributed by atoms with van der Waals surface area (Å²) < 4.78 is 0. The fraction of sp³-hybridized carbons (Fsp3) is 0.562. The zero-order valence-corrected chi connectivity index (χ0v) is 13.5. The Labute approximate surface area is 132 Å². The van der Waals surface area contributed by atoms with Gasteiger partial charge in [-0.3, -0.25) is 0 Å². The molecule has 0 unspecified atom stereocenters. The second-order valence-corrected chi connectivity index (χ2v) is 6.30. The van der Waals surface area contributed by atoms with Gasteiger partial charge in [0, 0.05) is 37.2 Å². The number of likely N-dealkylation sites (N-methyl/N-ethyl adjacent to an activating group) is 1. The molecule has 0 radical (unpaired) electrons. The van der Waals surface area contributed by atoms with E-state index in [1.54, 1.807) is 6.07 Å². The van der Waals surface area contributed by atoms with Crippen LogP contribution in [0.15, 0.2) is 18.2 Å². The first-order valence-electron chi connectivity index (χ1n) is 7.42. The van der Waals surface area contributed by atoms with Crippen LogP contribution in [-0.2, 0) is 0 Å². The van der Waals surface area contributed by atoms with E-state index in [2.05, 4.69) is 35.3 Å². The van der Waals surface area contributed by atoms with Crippen LogP contribution in [0, 0.1) is 11.3 Å². The van der Waals surface area contributed by atoms with E-state index in [1.165, 1.54) is 0 Å². The van der Waals surface area contributed by atoms with Gasteiger partial charge in [0.05, 0.1) is 11.3 Å². The molecular weight excluding hydrogens is 284 g/mol. The Hall–Kier alpha value is -1.28. The van der Waals surface area contributed by atoms with E-state index in [9.17, 15) is 5.26 Å². The van der Waals surface area contributed by atoms with Crippen molar-refractivity contribution in [3.63, 3.8) is 0 Å². The van der Waals surface area contributed by atoms with Crippen molar-refractivity contribution < 1.29 is 0 Å². The highest BCUT2D eigenvalue weighted by Gasteiger charge is 2.19. The summed E-state index contributed by atoms with van der Waals surface area (Å²) in [6.45, 7) is 4.46. The minimum Gasteiger partial charge on any atom is -0.381 e. The summed E-state index contributed by atoms with van der Waals surface area (Å²) in [6.07, 6.45) is 2.22. The number of piperidine rings is 1. The number of nitrogens with one attached hydrogen (secondary N) is 1. The standard InChI is InChI=1S/C16H23ClN4/c1-20(2)9-10-21-7-5-15(6-8-21)19-16-4-3-14(17)11-13(16)12-18/h3-4,11,15,19H,5-10H2,1-2H3. The third-order valence-corrected chi connectivity index (χ3v) is 4.15. The van der Waals surface area contributed by atoms with Crippen molar-refractivity contribution in [3.8, 4) is 6.07 Å². The van der Waals surface area contributed by atoms with Crippen molar-refractivity contribution in [3.05, 3.63) is 28.8 Å². The lowest BCUT2D eigenvalue weighted by Crippen LogP contribution is -2.41. The van der Waals surface area contributed by atoms with E-state index in [4.69, 9.17) is 11.6 Å². The third kappa shape index (κ3) is 4.89.